The van der Waals surface area contributed by atoms with Gasteiger partial charge in [0, 0.05) is 5.56 Å². The minimum Gasteiger partial charge on any atom is -0.493 e. The largest absolute Gasteiger partial charge is 0.493 e. The van der Waals surface area contributed by atoms with Gasteiger partial charge in [0.25, 0.3) is 15.9 Å². The number of halogens is 1. The van der Waals surface area contributed by atoms with E-state index in [1.54, 1.807) is 35.7 Å². The van der Waals surface area contributed by atoms with Crippen molar-refractivity contribution in [2.45, 2.75) is 17.6 Å². The van der Waals surface area contributed by atoms with E-state index in [1.807, 2.05) is 6.92 Å². The van der Waals surface area contributed by atoms with Crippen LogP contribution in [-0.2, 0) is 10.0 Å². The molecule has 3 rings (SSSR count). The fraction of sp³-hybridized carbons (Fsp3) is 0.190. The molecule has 10 heteroatoms. The zero-order valence-electron chi connectivity index (χ0n) is 16.8. The Morgan fingerprint density at radius 3 is 2.52 bits per heavy atom. The van der Waals surface area contributed by atoms with Crippen LogP contribution >= 0.6 is 22.9 Å². The lowest BCUT2D eigenvalue weighted by molar-refractivity contribution is 0.102. The predicted molar refractivity (Wildman–Crippen MR) is 123 cm³/mol. The number of methoxy groups -OCH3 is 1. The van der Waals surface area contributed by atoms with Crippen LogP contribution in [0.3, 0.4) is 0 Å². The van der Waals surface area contributed by atoms with Gasteiger partial charge in [-0.15, -0.1) is 11.3 Å². The number of sulfonamides is 1. The van der Waals surface area contributed by atoms with E-state index in [0.717, 1.165) is 17.8 Å². The molecule has 2 aromatic carbocycles. The third-order valence-electron chi connectivity index (χ3n) is 4.12. The van der Waals surface area contributed by atoms with Gasteiger partial charge >= 0.3 is 0 Å². The minimum atomic E-state index is -3.77. The van der Waals surface area contributed by atoms with Gasteiger partial charge in [0.05, 0.1) is 30.1 Å². The van der Waals surface area contributed by atoms with Crippen LogP contribution in [0.15, 0.2) is 58.1 Å². The van der Waals surface area contributed by atoms with Crippen LogP contribution in [0, 0.1) is 0 Å². The lowest BCUT2D eigenvalue weighted by Gasteiger charge is -2.15. The summed E-state index contributed by atoms with van der Waals surface area (Å²) < 4.78 is 38.7. The molecule has 0 atom stereocenters. The number of ether oxygens (including phenoxy) is 2. The average Bonchev–Trinajstić information content (AvgIpc) is 3.29. The smallest absolute Gasteiger partial charge is 0.271 e. The fourth-order valence-corrected chi connectivity index (χ4v) is 5.02. The number of benzene rings is 2. The summed E-state index contributed by atoms with van der Waals surface area (Å²) in [6.07, 6.45) is 0.792. The highest BCUT2D eigenvalue weighted by Crippen LogP contribution is 2.37. The van der Waals surface area contributed by atoms with E-state index in [1.165, 1.54) is 25.3 Å². The Labute approximate surface area is 190 Å². The molecule has 31 heavy (non-hydrogen) atoms. The second-order valence-corrected chi connectivity index (χ2v) is 9.64. The van der Waals surface area contributed by atoms with E-state index >= 15 is 0 Å². The van der Waals surface area contributed by atoms with Crippen LogP contribution < -0.4 is 19.5 Å². The first-order chi connectivity index (χ1) is 14.9. The van der Waals surface area contributed by atoms with Crippen molar-refractivity contribution < 1.29 is 22.7 Å². The summed E-state index contributed by atoms with van der Waals surface area (Å²) in [4.78, 5) is 12.9. The van der Waals surface area contributed by atoms with Gasteiger partial charge in [0.2, 0.25) is 0 Å². The highest BCUT2D eigenvalue weighted by atomic mass is 35.5. The van der Waals surface area contributed by atoms with Gasteiger partial charge in [0.1, 0.15) is 4.21 Å². The first-order valence-corrected chi connectivity index (χ1v) is 12.1. The van der Waals surface area contributed by atoms with Gasteiger partial charge in [-0.05, 0) is 42.1 Å². The van der Waals surface area contributed by atoms with Crippen LogP contribution in [0.25, 0.3) is 0 Å². The molecular weight excluding hydrogens is 460 g/mol. The highest BCUT2D eigenvalue weighted by molar-refractivity contribution is 7.94. The van der Waals surface area contributed by atoms with Crippen LogP contribution in [0.5, 0.6) is 11.5 Å². The lowest BCUT2D eigenvalue weighted by atomic mass is 10.1. The number of hydrogen-bond donors (Lipinski definition) is 2. The van der Waals surface area contributed by atoms with E-state index in [2.05, 4.69) is 10.0 Å². The fourth-order valence-electron chi connectivity index (χ4n) is 2.68. The summed E-state index contributed by atoms with van der Waals surface area (Å²) in [6, 6.07) is 12.7. The number of thiophene rings is 1. The number of anilines is 2. The van der Waals surface area contributed by atoms with Crippen molar-refractivity contribution in [1.29, 1.82) is 0 Å². The zero-order valence-corrected chi connectivity index (χ0v) is 19.2. The number of carbonyl (C=O) groups excluding carboxylic acids is 1. The number of hydrogen-bond acceptors (Lipinski definition) is 6. The van der Waals surface area contributed by atoms with Crippen molar-refractivity contribution in [2.75, 3.05) is 23.8 Å². The van der Waals surface area contributed by atoms with Crippen LogP contribution in [0.2, 0.25) is 5.02 Å². The van der Waals surface area contributed by atoms with Gasteiger partial charge in [-0.25, -0.2) is 8.42 Å². The average molecular weight is 481 g/mol. The maximum absolute atomic E-state index is 12.9. The predicted octanol–water partition coefficient (Wildman–Crippen LogP) is 5.25. The molecule has 1 heterocycles. The summed E-state index contributed by atoms with van der Waals surface area (Å²) in [6.45, 7) is 2.42. The monoisotopic (exact) mass is 480 g/mol. The van der Waals surface area contributed by atoms with Gasteiger partial charge in [-0.2, -0.15) is 0 Å². The zero-order chi connectivity index (χ0) is 22.4. The molecule has 1 amide bonds. The first-order valence-electron chi connectivity index (χ1n) is 9.32. The summed E-state index contributed by atoms with van der Waals surface area (Å²) >= 11 is 7.40. The van der Waals surface area contributed by atoms with Gasteiger partial charge in [-0.3, -0.25) is 9.52 Å². The molecule has 0 unspecified atom stereocenters. The molecule has 164 valence electrons. The molecule has 0 spiro atoms. The maximum Gasteiger partial charge on any atom is 0.271 e. The Hall–Kier alpha value is -2.75. The van der Waals surface area contributed by atoms with Gasteiger partial charge < -0.3 is 14.8 Å². The number of carbonyl (C=O) groups is 1. The Morgan fingerprint density at radius 1 is 1.13 bits per heavy atom. The molecular formula is C21H21ClN2O5S2. The minimum absolute atomic E-state index is 0.174. The van der Waals surface area contributed by atoms with E-state index < -0.39 is 15.9 Å². The summed E-state index contributed by atoms with van der Waals surface area (Å²) in [5, 5.41) is 4.63. The number of rotatable bonds is 9. The van der Waals surface area contributed by atoms with Crippen molar-refractivity contribution in [3.8, 4) is 11.5 Å². The van der Waals surface area contributed by atoms with E-state index in [-0.39, 0.29) is 20.5 Å². The Morgan fingerprint density at radius 2 is 1.87 bits per heavy atom. The van der Waals surface area contributed by atoms with Crippen molar-refractivity contribution >= 4 is 50.2 Å². The van der Waals surface area contributed by atoms with Crippen LogP contribution in [0.1, 0.15) is 23.7 Å². The number of amides is 1. The highest BCUT2D eigenvalue weighted by Gasteiger charge is 2.19. The second kappa shape index (κ2) is 10.0. The van der Waals surface area contributed by atoms with E-state index in [0.29, 0.717) is 23.8 Å². The molecule has 0 fully saturated rings. The molecule has 0 saturated heterocycles. The molecule has 1 aromatic heterocycles. The SMILES string of the molecule is CCCOc1c(Cl)cc(C(=O)Nc2ccccc2NS(=O)(=O)c2cccs2)cc1OC. The molecule has 0 aliphatic carbocycles. The standard InChI is InChI=1S/C21H21ClN2O5S2/c1-3-10-29-20-15(22)12-14(13-18(20)28-2)21(25)23-16-7-4-5-8-17(16)24-31(26,27)19-9-6-11-30-19/h4-9,11-13,24H,3,10H2,1-2H3,(H,23,25). The van der Waals surface area contributed by atoms with Crippen LogP contribution in [0.4, 0.5) is 11.4 Å². The molecule has 0 saturated carbocycles. The molecule has 3 aromatic rings. The molecule has 2 N–H and O–H groups in total. The van der Waals surface area contributed by atoms with Gasteiger partial charge in [0.15, 0.2) is 11.5 Å². The van der Waals surface area contributed by atoms with E-state index in [9.17, 15) is 13.2 Å². The van der Waals surface area contributed by atoms with Gasteiger partial charge in [-0.1, -0.05) is 36.7 Å². The van der Waals surface area contributed by atoms with Crippen molar-refractivity contribution in [3.63, 3.8) is 0 Å². The third kappa shape index (κ3) is 5.49. The number of para-hydroxylation sites is 2. The summed E-state index contributed by atoms with van der Waals surface area (Å²) in [7, 11) is -2.31. The quantitative estimate of drug-likeness (QED) is 0.436. The van der Waals surface area contributed by atoms with Crippen LogP contribution in [-0.4, -0.2) is 28.0 Å². The summed E-state index contributed by atoms with van der Waals surface area (Å²) in [5.74, 6) is 0.217. The van der Waals surface area contributed by atoms with Crippen molar-refractivity contribution in [2.24, 2.45) is 0 Å². The molecule has 0 radical (unpaired) electrons. The second-order valence-electron chi connectivity index (χ2n) is 6.38. The Balaban J connectivity index is 1.85. The molecule has 0 bridgehead atoms. The van der Waals surface area contributed by atoms with E-state index in [4.69, 9.17) is 21.1 Å². The van der Waals surface area contributed by atoms with Crippen molar-refractivity contribution in [3.05, 3.63) is 64.5 Å². The molecule has 0 aliphatic heterocycles. The summed E-state index contributed by atoms with van der Waals surface area (Å²) in [5.41, 5.74) is 0.779. The topological polar surface area (TPSA) is 93.7 Å². The Bertz CT molecular complexity index is 1160. The third-order valence-corrected chi connectivity index (χ3v) is 7.17. The molecule has 0 aliphatic rings. The number of nitrogens with one attached hydrogen (secondary N) is 2. The molecule has 7 nitrogen and oxygen atoms in total. The van der Waals surface area contributed by atoms with Crippen molar-refractivity contribution in [1.82, 2.24) is 0 Å². The first kappa shape index (κ1) is 22.9. The Kier molecular flexibility index (Phi) is 7.42. The maximum atomic E-state index is 12.9. The lowest BCUT2D eigenvalue weighted by Crippen LogP contribution is -2.17. The normalized spacial score (nSPS) is 11.1.